The summed E-state index contributed by atoms with van der Waals surface area (Å²) < 4.78 is 38.7. The molecule has 1 atom stereocenters. The van der Waals surface area contributed by atoms with E-state index in [1.54, 1.807) is 0 Å². The van der Waals surface area contributed by atoms with Crippen LogP contribution < -0.4 is 10.2 Å². The first-order valence-electron chi connectivity index (χ1n) is 8.61. The molecular formula is C20H18ClF3N2O2. The molecule has 1 aliphatic rings. The minimum absolute atomic E-state index is 0.00286. The first-order chi connectivity index (χ1) is 13.1. The highest BCUT2D eigenvalue weighted by molar-refractivity contribution is 6.33. The number of halogens is 4. The second-order valence-corrected chi connectivity index (χ2v) is 7.28. The summed E-state index contributed by atoms with van der Waals surface area (Å²) in [6.45, 7) is 3.98. The largest absolute Gasteiger partial charge is 0.416 e. The van der Waals surface area contributed by atoms with E-state index in [9.17, 15) is 22.8 Å². The van der Waals surface area contributed by atoms with Gasteiger partial charge in [0.25, 0.3) is 0 Å². The van der Waals surface area contributed by atoms with E-state index < -0.39 is 23.6 Å². The first kappa shape index (κ1) is 20.2. The highest BCUT2D eigenvalue weighted by Crippen LogP contribution is 2.35. The van der Waals surface area contributed by atoms with E-state index >= 15 is 0 Å². The van der Waals surface area contributed by atoms with Crippen molar-refractivity contribution in [3.8, 4) is 0 Å². The van der Waals surface area contributed by atoms with Gasteiger partial charge in [-0.3, -0.25) is 9.59 Å². The Hall–Kier alpha value is -2.54. The van der Waals surface area contributed by atoms with Crippen LogP contribution in [0.5, 0.6) is 0 Å². The summed E-state index contributed by atoms with van der Waals surface area (Å²) in [7, 11) is 0. The number of carbonyl (C=O) groups excluding carboxylic acids is 2. The number of alkyl halides is 3. The predicted molar refractivity (Wildman–Crippen MR) is 101 cm³/mol. The minimum Gasteiger partial charge on any atom is -0.324 e. The number of nitrogens with zero attached hydrogens (tertiary/aromatic N) is 1. The molecule has 8 heteroatoms. The third kappa shape index (κ3) is 4.14. The quantitative estimate of drug-likeness (QED) is 0.776. The van der Waals surface area contributed by atoms with Gasteiger partial charge in [-0.2, -0.15) is 13.2 Å². The number of carbonyl (C=O) groups is 2. The highest BCUT2D eigenvalue weighted by atomic mass is 35.5. The third-order valence-electron chi connectivity index (χ3n) is 4.69. The van der Waals surface area contributed by atoms with Crippen molar-refractivity contribution in [2.75, 3.05) is 16.8 Å². The van der Waals surface area contributed by atoms with E-state index in [4.69, 9.17) is 11.6 Å². The molecular weight excluding hydrogens is 393 g/mol. The molecule has 0 aliphatic carbocycles. The van der Waals surface area contributed by atoms with Crippen molar-refractivity contribution in [2.24, 2.45) is 5.92 Å². The van der Waals surface area contributed by atoms with Crippen molar-refractivity contribution in [3.05, 3.63) is 58.1 Å². The van der Waals surface area contributed by atoms with Crippen LogP contribution >= 0.6 is 11.6 Å². The number of benzene rings is 2. The third-order valence-corrected chi connectivity index (χ3v) is 5.02. The number of aryl methyl sites for hydroxylation is 2. The Labute approximate surface area is 165 Å². The Morgan fingerprint density at radius 2 is 1.89 bits per heavy atom. The number of hydrogen-bond donors (Lipinski definition) is 1. The fraction of sp³-hybridized carbons (Fsp3) is 0.300. The van der Waals surface area contributed by atoms with Crippen molar-refractivity contribution < 1.29 is 22.8 Å². The average molecular weight is 411 g/mol. The lowest BCUT2D eigenvalue weighted by atomic mass is 10.1. The van der Waals surface area contributed by atoms with Gasteiger partial charge in [0.1, 0.15) is 0 Å². The van der Waals surface area contributed by atoms with Crippen molar-refractivity contribution in [1.82, 2.24) is 0 Å². The Bertz CT molecular complexity index is 944. The Kier molecular flexibility index (Phi) is 5.39. The molecule has 1 heterocycles. The average Bonchev–Trinajstić information content (AvgIpc) is 2.97. The van der Waals surface area contributed by atoms with Crippen LogP contribution in [0.3, 0.4) is 0 Å². The smallest absolute Gasteiger partial charge is 0.324 e. The van der Waals surface area contributed by atoms with Crippen LogP contribution in [0.25, 0.3) is 0 Å². The molecule has 1 fully saturated rings. The lowest BCUT2D eigenvalue weighted by Crippen LogP contribution is -2.28. The monoisotopic (exact) mass is 410 g/mol. The summed E-state index contributed by atoms with van der Waals surface area (Å²) >= 11 is 5.93. The molecule has 1 N–H and O–H groups in total. The molecule has 0 radical (unpaired) electrons. The second-order valence-electron chi connectivity index (χ2n) is 6.88. The summed E-state index contributed by atoms with van der Waals surface area (Å²) in [6, 6.07) is 8.37. The van der Waals surface area contributed by atoms with Gasteiger partial charge in [0, 0.05) is 18.7 Å². The minimum atomic E-state index is -4.55. The Morgan fingerprint density at radius 3 is 2.54 bits per heavy atom. The van der Waals surface area contributed by atoms with E-state index in [1.165, 1.54) is 4.90 Å². The van der Waals surface area contributed by atoms with E-state index in [0.29, 0.717) is 0 Å². The lowest BCUT2D eigenvalue weighted by Gasteiger charge is -2.19. The van der Waals surface area contributed by atoms with Gasteiger partial charge in [0.2, 0.25) is 11.8 Å². The fourth-order valence-electron chi connectivity index (χ4n) is 3.26. The van der Waals surface area contributed by atoms with Gasteiger partial charge < -0.3 is 10.2 Å². The zero-order chi connectivity index (χ0) is 20.6. The van der Waals surface area contributed by atoms with Crippen LogP contribution in [0.1, 0.15) is 23.1 Å². The van der Waals surface area contributed by atoms with Crippen LogP contribution in [0.2, 0.25) is 5.02 Å². The molecule has 0 unspecified atom stereocenters. The van der Waals surface area contributed by atoms with Crippen LogP contribution in [0.15, 0.2) is 36.4 Å². The molecule has 1 saturated heterocycles. The van der Waals surface area contributed by atoms with Crippen molar-refractivity contribution >= 4 is 34.8 Å². The summed E-state index contributed by atoms with van der Waals surface area (Å²) in [4.78, 5) is 26.5. The van der Waals surface area contributed by atoms with Gasteiger partial charge in [-0.15, -0.1) is 0 Å². The number of rotatable bonds is 3. The maximum atomic E-state index is 12.9. The molecule has 28 heavy (non-hydrogen) atoms. The molecule has 2 aromatic carbocycles. The van der Waals surface area contributed by atoms with Gasteiger partial charge >= 0.3 is 6.18 Å². The molecule has 0 spiro atoms. The van der Waals surface area contributed by atoms with E-state index in [1.807, 2.05) is 32.0 Å². The summed E-state index contributed by atoms with van der Waals surface area (Å²) in [5, 5.41) is 2.43. The second kappa shape index (κ2) is 7.47. The predicted octanol–water partition coefficient (Wildman–Crippen LogP) is 4.97. The van der Waals surface area contributed by atoms with Crippen molar-refractivity contribution in [3.63, 3.8) is 0 Å². The molecule has 148 valence electrons. The molecule has 0 saturated carbocycles. The zero-order valence-corrected chi connectivity index (χ0v) is 16.0. The van der Waals surface area contributed by atoms with Gasteiger partial charge in [0.05, 0.1) is 22.2 Å². The van der Waals surface area contributed by atoms with E-state index in [0.717, 1.165) is 35.0 Å². The molecule has 2 amide bonds. The van der Waals surface area contributed by atoms with Crippen molar-refractivity contribution in [2.45, 2.75) is 26.4 Å². The topological polar surface area (TPSA) is 49.4 Å². The van der Waals surface area contributed by atoms with Crippen LogP contribution in [-0.2, 0) is 15.8 Å². The maximum Gasteiger partial charge on any atom is 0.416 e. The fourth-order valence-corrected chi connectivity index (χ4v) is 3.42. The Balaban J connectivity index is 1.77. The molecule has 0 bridgehead atoms. The number of hydrogen-bond acceptors (Lipinski definition) is 2. The highest BCUT2D eigenvalue weighted by Gasteiger charge is 2.36. The lowest BCUT2D eigenvalue weighted by molar-refractivity contribution is -0.137. The van der Waals surface area contributed by atoms with Gasteiger partial charge in [-0.25, -0.2) is 0 Å². The van der Waals surface area contributed by atoms with Gasteiger partial charge in [0.15, 0.2) is 0 Å². The standard InChI is InChI=1S/C20H18ClF3N2O2/c1-11-3-6-17(12(2)7-11)26-10-13(8-18(26)27)19(28)25-16-9-14(20(22,23)24)4-5-15(16)21/h3-7,9,13H,8,10H2,1-2H3,(H,25,28)/t13-/m1/s1. The van der Waals surface area contributed by atoms with E-state index in [-0.39, 0.29) is 29.6 Å². The number of amides is 2. The molecule has 3 rings (SSSR count). The summed E-state index contributed by atoms with van der Waals surface area (Å²) in [5.41, 5.74) is 1.66. The Morgan fingerprint density at radius 1 is 1.18 bits per heavy atom. The molecule has 1 aliphatic heterocycles. The van der Waals surface area contributed by atoms with Crippen LogP contribution in [-0.4, -0.2) is 18.4 Å². The zero-order valence-electron chi connectivity index (χ0n) is 15.2. The van der Waals surface area contributed by atoms with Crippen LogP contribution in [0.4, 0.5) is 24.5 Å². The van der Waals surface area contributed by atoms with E-state index in [2.05, 4.69) is 5.32 Å². The number of nitrogens with one attached hydrogen (secondary N) is 1. The maximum absolute atomic E-state index is 12.9. The first-order valence-corrected chi connectivity index (χ1v) is 8.99. The normalized spacial score (nSPS) is 17.1. The molecule has 2 aromatic rings. The van der Waals surface area contributed by atoms with Crippen LogP contribution in [0, 0.1) is 19.8 Å². The van der Waals surface area contributed by atoms with Crippen molar-refractivity contribution in [1.29, 1.82) is 0 Å². The molecule has 0 aromatic heterocycles. The van der Waals surface area contributed by atoms with Gasteiger partial charge in [-0.1, -0.05) is 29.3 Å². The summed E-state index contributed by atoms with van der Waals surface area (Å²) in [5.74, 6) is -1.43. The number of anilines is 2. The molecule has 4 nitrogen and oxygen atoms in total. The SMILES string of the molecule is Cc1ccc(N2C[C@H](C(=O)Nc3cc(C(F)(F)F)ccc3Cl)CC2=O)c(C)c1. The summed E-state index contributed by atoms with van der Waals surface area (Å²) in [6.07, 6.45) is -4.57. The van der Waals surface area contributed by atoms with Gasteiger partial charge in [-0.05, 0) is 43.7 Å².